The summed E-state index contributed by atoms with van der Waals surface area (Å²) in [5.74, 6) is 0. The molecule has 0 aromatic carbocycles. The maximum atomic E-state index is 8.74. The number of hydrogen-bond acceptors (Lipinski definition) is 6. The van der Waals surface area contributed by atoms with Gasteiger partial charge in [-0.3, -0.25) is 13.7 Å². The number of hydrogen-bond donors (Lipinski definition) is 4. The van der Waals surface area contributed by atoms with Crippen molar-refractivity contribution in [3.05, 3.63) is 0 Å². The second kappa shape index (κ2) is 8.91. The van der Waals surface area contributed by atoms with Crippen molar-refractivity contribution in [1.82, 2.24) is 6.15 Å². The molecule has 0 aliphatic carbocycles. The van der Waals surface area contributed by atoms with Crippen LogP contribution in [-0.4, -0.2) is 35.0 Å². The van der Waals surface area contributed by atoms with Crippen molar-refractivity contribution in [3.63, 3.8) is 0 Å². The quantitative estimate of drug-likeness (QED) is 0.187. The first-order valence-electron chi connectivity index (χ1n) is 1.38. The van der Waals surface area contributed by atoms with Crippen molar-refractivity contribution in [1.29, 1.82) is 0 Å². The third-order valence-electron chi connectivity index (χ3n) is 0. The monoisotopic (exact) mass is 251 g/mol. The molecule has 0 fully saturated rings. The number of rotatable bonds is 0. The van der Waals surface area contributed by atoms with Crippen LogP contribution in [0.2, 0.25) is 0 Å². The second-order valence-corrected chi connectivity index (χ2v) is 2.63. The fourth-order valence-corrected chi connectivity index (χ4v) is 0. The first-order valence-corrected chi connectivity index (χ1v) is 4.14. The normalized spacial score (nSPS) is 9.67. The topological polar surface area (TPSA) is 187 Å². The molecule has 9 nitrogen and oxygen atoms in total. The van der Waals surface area contributed by atoms with Crippen molar-refractivity contribution in [2.24, 2.45) is 0 Å². The summed E-state index contributed by atoms with van der Waals surface area (Å²) in [7, 11) is -9.58. The summed E-state index contributed by atoms with van der Waals surface area (Å²) in [6, 6.07) is 0. The molecule has 0 heterocycles. The molecule has 0 aromatic heterocycles. The molecule has 0 radical (unpaired) electrons. The molecule has 0 saturated heterocycles. The van der Waals surface area contributed by atoms with Gasteiger partial charge in [0.05, 0.1) is 0 Å². The molecule has 0 bridgehead atoms. The van der Waals surface area contributed by atoms with E-state index < -0.39 is 20.8 Å². The van der Waals surface area contributed by atoms with E-state index in [4.69, 9.17) is 35.0 Å². The van der Waals surface area contributed by atoms with Gasteiger partial charge in [-0.1, -0.05) is 0 Å². The van der Waals surface area contributed by atoms with E-state index in [0.29, 0.717) is 0 Å². The average molecular weight is 251 g/mol. The van der Waals surface area contributed by atoms with E-state index in [0.717, 1.165) is 0 Å². The van der Waals surface area contributed by atoms with Crippen molar-refractivity contribution in [2.75, 3.05) is 0 Å². The Hall–Kier alpha value is 1.34. The van der Waals surface area contributed by atoms with E-state index in [1.165, 1.54) is 0 Å². The molecule has 0 rings (SSSR count). The molecule has 0 aromatic rings. The molecule has 0 amide bonds. The Morgan fingerprint density at radius 1 is 0.917 bits per heavy atom. The van der Waals surface area contributed by atoms with Crippen molar-refractivity contribution >= 4 is 20.8 Å². The van der Waals surface area contributed by atoms with Crippen LogP contribution in [0.5, 0.6) is 0 Å². The molecule has 72 valence electrons. The van der Waals surface area contributed by atoms with Gasteiger partial charge in [0.2, 0.25) is 10.4 Å². The summed E-state index contributed by atoms with van der Waals surface area (Å²) in [5, 5.41) is 0. The summed E-state index contributed by atoms with van der Waals surface area (Å²) in [6.45, 7) is 0. The zero-order chi connectivity index (χ0) is 9.00. The minimum atomic E-state index is -4.92. The summed E-state index contributed by atoms with van der Waals surface area (Å²) < 4.78 is 64.4. The minimum absolute atomic E-state index is 0. The second-order valence-electron chi connectivity index (χ2n) is 0.876. The molecule has 12 heavy (non-hydrogen) atoms. The first-order chi connectivity index (χ1) is 4.00. The van der Waals surface area contributed by atoms with Gasteiger partial charge in [0, 0.05) is 0 Å². The van der Waals surface area contributed by atoms with Gasteiger partial charge in [-0.2, -0.15) is 8.42 Å². The Bertz CT molecular complexity index is 213. The van der Waals surface area contributed by atoms with Crippen LogP contribution in [0.25, 0.3) is 0 Å². The van der Waals surface area contributed by atoms with E-state index in [9.17, 15) is 0 Å². The predicted octanol–water partition coefficient (Wildman–Crippen LogP) is -4.48. The molecule has 12 heteroatoms. The van der Waals surface area contributed by atoms with Crippen molar-refractivity contribution in [3.8, 4) is 0 Å². The SMILES string of the molecule is N.O=S(=O)(O)O.O=S(=O)([O-])O.[K+]. The van der Waals surface area contributed by atoms with Gasteiger partial charge in [-0.05, 0) is 0 Å². The van der Waals surface area contributed by atoms with Crippen LogP contribution in [0.3, 0.4) is 0 Å². The summed E-state index contributed by atoms with van der Waals surface area (Å²) in [5.41, 5.74) is 0. The van der Waals surface area contributed by atoms with E-state index in [-0.39, 0.29) is 57.5 Å². The van der Waals surface area contributed by atoms with Crippen LogP contribution in [0.4, 0.5) is 0 Å². The average Bonchev–Trinajstić information content (AvgIpc) is 1.12. The van der Waals surface area contributed by atoms with Crippen molar-refractivity contribution in [2.45, 2.75) is 0 Å². The van der Waals surface area contributed by atoms with Gasteiger partial charge in [-0.25, -0.2) is 8.42 Å². The van der Waals surface area contributed by atoms with Crippen LogP contribution in [0.1, 0.15) is 0 Å². The largest absolute Gasteiger partial charge is 1.00 e. The zero-order valence-corrected chi connectivity index (χ0v) is 10.7. The van der Waals surface area contributed by atoms with Gasteiger partial charge in [-0.15, -0.1) is 0 Å². The molecule has 0 aliphatic heterocycles. The zero-order valence-electron chi connectivity index (χ0n) is 5.91. The fourth-order valence-electron chi connectivity index (χ4n) is 0. The van der Waals surface area contributed by atoms with Crippen LogP contribution < -0.4 is 57.5 Å². The van der Waals surface area contributed by atoms with E-state index in [2.05, 4.69) is 0 Å². The Labute approximate surface area is 112 Å². The third-order valence-corrected chi connectivity index (χ3v) is 0. The molecule has 0 spiro atoms. The predicted molar refractivity (Wildman–Crippen MR) is 31.5 cm³/mol. The maximum Gasteiger partial charge on any atom is 1.00 e. The standard InChI is InChI=1S/K.H3N.2H2O4S/c;;2*1-5(2,3)4/h;1H3;2*(H2,1,2,3,4)/q+1;;;/p-1. The Balaban J connectivity index is -0.0000000457. The Morgan fingerprint density at radius 2 is 0.917 bits per heavy atom. The van der Waals surface area contributed by atoms with Gasteiger partial charge in [0.25, 0.3) is 0 Å². The minimum Gasteiger partial charge on any atom is -0.726 e. The molecule has 0 atom stereocenters. The molecule has 0 saturated carbocycles. The molecule has 6 N–H and O–H groups in total. The van der Waals surface area contributed by atoms with Crippen LogP contribution >= 0.6 is 0 Å². The van der Waals surface area contributed by atoms with Gasteiger partial charge >= 0.3 is 61.8 Å². The molecular weight excluding hydrogens is 245 g/mol. The smallest absolute Gasteiger partial charge is 0.726 e. The van der Waals surface area contributed by atoms with Crippen LogP contribution in [-0.2, 0) is 20.8 Å². The summed E-state index contributed by atoms with van der Waals surface area (Å²) in [4.78, 5) is 0. The Morgan fingerprint density at radius 3 is 0.917 bits per heavy atom. The van der Waals surface area contributed by atoms with Gasteiger partial charge in [0.1, 0.15) is 0 Å². The third kappa shape index (κ3) is 678. The maximum absolute atomic E-state index is 8.74. The molecule has 0 unspecified atom stereocenters. The van der Waals surface area contributed by atoms with Crippen LogP contribution in [0.15, 0.2) is 0 Å². The summed E-state index contributed by atoms with van der Waals surface area (Å²) >= 11 is 0. The van der Waals surface area contributed by atoms with Gasteiger partial charge in [0.15, 0.2) is 0 Å². The Kier molecular flexibility index (Phi) is 17.3. The summed E-state index contributed by atoms with van der Waals surface area (Å²) in [6.07, 6.45) is 0. The van der Waals surface area contributed by atoms with E-state index in [1.54, 1.807) is 0 Å². The van der Waals surface area contributed by atoms with E-state index in [1.807, 2.05) is 0 Å². The van der Waals surface area contributed by atoms with Gasteiger partial charge < -0.3 is 10.7 Å². The molecular formula is H6KNO8S2. The van der Waals surface area contributed by atoms with Crippen LogP contribution in [0, 0.1) is 0 Å². The van der Waals surface area contributed by atoms with E-state index >= 15 is 0 Å². The fraction of sp³-hybridized carbons (Fsp3) is 0. The molecule has 0 aliphatic rings. The first kappa shape index (κ1) is 23.3. The van der Waals surface area contributed by atoms with Crippen molar-refractivity contribution < 1.29 is 86.4 Å².